The van der Waals surface area contributed by atoms with Crippen LogP contribution in [0.25, 0.3) is 11.1 Å². The number of pyridine rings is 1. The van der Waals surface area contributed by atoms with E-state index in [0.717, 1.165) is 36.5 Å². The van der Waals surface area contributed by atoms with Gasteiger partial charge in [0.15, 0.2) is 5.58 Å². The molecule has 4 aromatic rings. The summed E-state index contributed by atoms with van der Waals surface area (Å²) >= 11 is 0. The fourth-order valence-electron chi connectivity index (χ4n) is 4.50. The lowest BCUT2D eigenvalue weighted by Gasteiger charge is -2.24. The van der Waals surface area contributed by atoms with E-state index in [1.807, 2.05) is 12.1 Å². The first-order valence-corrected chi connectivity index (χ1v) is 12.3. The third-order valence-electron chi connectivity index (χ3n) is 6.16. The van der Waals surface area contributed by atoms with E-state index in [2.05, 4.69) is 15.8 Å². The fraction of sp³-hybridized carbons (Fsp3) is 0.250. The van der Waals surface area contributed by atoms with E-state index in [0.29, 0.717) is 17.6 Å². The number of aromatic nitrogens is 2. The molecule has 2 aromatic heterocycles. The largest absolute Gasteiger partial charge is 0.420 e. The lowest BCUT2D eigenvalue weighted by molar-refractivity contribution is 0.514. The molecule has 0 amide bonds. The molecule has 0 fully saturated rings. The number of oxazole rings is 1. The van der Waals surface area contributed by atoms with Gasteiger partial charge in [0.05, 0.1) is 17.0 Å². The second-order valence-electron chi connectivity index (χ2n) is 8.55. The summed E-state index contributed by atoms with van der Waals surface area (Å²) in [5.41, 5.74) is 10.6. The number of sulfonamides is 1. The number of fused-ring (bicyclic) bond motifs is 2. The Morgan fingerprint density at radius 1 is 1.24 bits per heavy atom. The molecule has 10 heteroatoms. The number of hydrogen-bond acceptors (Lipinski definition) is 6. The molecule has 0 radical (unpaired) electrons. The van der Waals surface area contributed by atoms with Crippen LogP contribution in [0, 0.1) is 12.9 Å². The minimum atomic E-state index is -4.10. The molecule has 176 valence electrons. The number of halogens is 1. The Labute approximate surface area is 195 Å². The Morgan fingerprint density at radius 3 is 2.82 bits per heavy atom. The summed E-state index contributed by atoms with van der Waals surface area (Å²) in [5.74, 6) is -1.54. The number of rotatable bonds is 5. The highest BCUT2D eigenvalue weighted by molar-refractivity contribution is 7.92. The molecule has 8 nitrogen and oxygen atoms in total. The molecular formula is C24H23FN4O4S. The van der Waals surface area contributed by atoms with Crippen molar-refractivity contribution >= 4 is 26.9 Å². The van der Waals surface area contributed by atoms with E-state index in [-0.39, 0.29) is 22.3 Å². The highest BCUT2D eigenvalue weighted by Gasteiger charge is 2.23. The van der Waals surface area contributed by atoms with Crippen LogP contribution < -0.4 is 16.2 Å². The maximum Gasteiger partial charge on any atom is 0.420 e. The smallest absolute Gasteiger partial charge is 0.408 e. The number of benzene rings is 2. The van der Waals surface area contributed by atoms with E-state index in [1.165, 1.54) is 28.3 Å². The van der Waals surface area contributed by atoms with Gasteiger partial charge in [-0.25, -0.2) is 18.2 Å². The first-order valence-electron chi connectivity index (χ1n) is 10.9. The Morgan fingerprint density at radius 2 is 2.03 bits per heavy atom. The lowest BCUT2D eigenvalue weighted by Crippen LogP contribution is -2.29. The van der Waals surface area contributed by atoms with E-state index in [1.54, 1.807) is 13.0 Å². The summed E-state index contributed by atoms with van der Waals surface area (Å²) in [7, 11) is -4.10. The summed E-state index contributed by atoms with van der Waals surface area (Å²) < 4.78 is 48.4. The van der Waals surface area contributed by atoms with Gasteiger partial charge in [0, 0.05) is 12.1 Å². The zero-order valence-electron chi connectivity index (χ0n) is 18.4. The second-order valence-corrected chi connectivity index (χ2v) is 10.2. The highest BCUT2D eigenvalue weighted by atomic mass is 32.2. The topological polar surface area (TPSA) is 120 Å². The molecule has 5 rings (SSSR count). The monoisotopic (exact) mass is 482 g/mol. The van der Waals surface area contributed by atoms with Crippen molar-refractivity contribution in [3.63, 3.8) is 0 Å². The number of nitrogens with two attached hydrogens (primary N) is 1. The van der Waals surface area contributed by atoms with Crippen LogP contribution in [0.4, 0.5) is 10.2 Å². The zero-order chi connectivity index (χ0) is 24.0. The number of nitrogens with zero attached hydrogens (tertiary/aromatic N) is 2. The van der Waals surface area contributed by atoms with Crippen molar-refractivity contribution in [2.75, 3.05) is 4.72 Å². The summed E-state index contributed by atoms with van der Waals surface area (Å²) in [6.07, 6.45) is 2.58. The van der Waals surface area contributed by atoms with Crippen molar-refractivity contribution in [2.24, 2.45) is 5.73 Å². The van der Waals surface area contributed by atoms with Gasteiger partial charge in [0.1, 0.15) is 5.82 Å². The number of nitrogens with one attached hydrogen (secondary N) is 1. The van der Waals surface area contributed by atoms with E-state index >= 15 is 0 Å². The van der Waals surface area contributed by atoms with Crippen LogP contribution >= 0.6 is 0 Å². The van der Waals surface area contributed by atoms with Crippen LogP contribution in [0.15, 0.2) is 62.6 Å². The molecule has 2 heterocycles. The van der Waals surface area contributed by atoms with E-state index in [9.17, 15) is 17.6 Å². The molecule has 1 atom stereocenters. The van der Waals surface area contributed by atoms with Crippen LogP contribution in [0.3, 0.4) is 0 Å². The summed E-state index contributed by atoms with van der Waals surface area (Å²) in [6, 6.07) is 12.8. The van der Waals surface area contributed by atoms with Gasteiger partial charge in [-0.05, 0) is 66.6 Å². The molecule has 1 aliphatic carbocycles. The van der Waals surface area contributed by atoms with Crippen LogP contribution in [0.1, 0.15) is 28.7 Å². The highest BCUT2D eigenvalue weighted by Crippen LogP contribution is 2.28. The first kappa shape index (κ1) is 22.3. The van der Waals surface area contributed by atoms with Gasteiger partial charge >= 0.3 is 5.76 Å². The Kier molecular flexibility index (Phi) is 5.49. The SMILES string of the molecule is Cc1cc2c(cc1S(=O)(=O)Nc1cccc(F)n1)oc(=O)n2Cc1cccc2c1C[C@@H](N)CC2. The Hall–Kier alpha value is -3.50. The maximum absolute atomic E-state index is 13.4. The molecule has 0 saturated heterocycles. The lowest BCUT2D eigenvalue weighted by atomic mass is 9.85. The van der Waals surface area contributed by atoms with Gasteiger partial charge in [-0.1, -0.05) is 24.3 Å². The average molecular weight is 483 g/mol. The molecular weight excluding hydrogens is 459 g/mol. The Bertz CT molecular complexity index is 1580. The van der Waals surface area contributed by atoms with Crippen LogP contribution in [-0.2, 0) is 29.4 Å². The Balaban J connectivity index is 1.53. The van der Waals surface area contributed by atoms with Gasteiger partial charge in [-0.3, -0.25) is 9.29 Å². The molecule has 0 bridgehead atoms. The third-order valence-corrected chi connectivity index (χ3v) is 7.65. The van der Waals surface area contributed by atoms with Crippen molar-refractivity contribution < 1.29 is 17.2 Å². The minimum Gasteiger partial charge on any atom is -0.408 e. The minimum absolute atomic E-state index is 0.0848. The molecule has 2 aromatic carbocycles. The van der Waals surface area contributed by atoms with Gasteiger partial charge < -0.3 is 10.2 Å². The molecule has 0 saturated carbocycles. The average Bonchev–Trinajstić information content (AvgIpc) is 3.07. The quantitative estimate of drug-likeness (QED) is 0.422. The molecule has 0 unspecified atom stereocenters. The third kappa shape index (κ3) is 4.10. The predicted octanol–water partition coefficient (Wildman–Crippen LogP) is 3.10. The molecule has 34 heavy (non-hydrogen) atoms. The van der Waals surface area contributed by atoms with Crippen LogP contribution in [-0.4, -0.2) is 24.0 Å². The van der Waals surface area contributed by atoms with Crippen LogP contribution in [0.2, 0.25) is 0 Å². The van der Waals surface area contributed by atoms with Crippen molar-refractivity contribution in [3.8, 4) is 0 Å². The normalized spacial score (nSPS) is 15.9. The number of anilines is 1. The van der Waals surface area contributed by atoms with E-state index < -0.39 is 21.7 Å². The molecule has 1 aliphatic rings. The number of hydrogen-bond donors (Lipinski definition) is 2. The molecule has 0 aliphatic heterocycles. The van der Waals surface area contributed by atoms with Crippen molar-refractivity contribution in [2.45, 2.75) is 43.7 Å². The second kappa shape index (κ2) is 8.37. The molecule has 3 N–H and O–H groups in total. The van der Waals surface area contributed by atoms with Crippen molar-refractivity contribution in [1.29, 1.82) is 0 Å². The van der Waals surface area contributed by atoms with Crippen LogP contribution in [0.5, 0.6) is 0 Å². The molecule has 0 spiro atoms. The summed E-state index contributed by atoms with van der Waals surface area (Å²) in [5, 5.41) is 0. The summed E-state index contributed by atoms with van der Waals surface area (Å²) in [4.78, 5) is 16.2. The standard InChI is InChI=1S/C24H23FN4O4S/c1-14-10-19-20(12-21(14)34(31,32)28-23-7-3-6-22(25)27-23)33-24(30)29(19)13-16-5-2-4-15-8-9-17(26)11-18(15)16/h2-7,10,12,17H,8-9,11,13,26H2,1H3,(H,27,28)/t17-/m0/s1. The van der Waals surface area contributed by atoms with E-state index in [4.69, 9.17) is 10.2 Å². The first-order chi connectivity index (χ1) is 16.2. The zero-order valence-corrected chi connectivity index (χ0v) is 19.2. The van der Waals surface area contributed by atoms with Gasteiger partial charge in [-0.2, -0.15) is 4.39 Å². The van der Waals surface area contributed by atoms with Gasteiger partial charge in [0.2, 0.25) is 5.95 Å². The van der Waals surface area contributed by atoms with Crippen molar-refractivity contribution in [1.82, 2.24) is 9.55 Å². The fourth-order valence-corrected chi connectivity index (χ4v) is 5.74. The van der Waals surface area contributed by atoms with Gasteiger partial charge in [0.25, 0.3) is 10.0 Å². The van der Waals surface area contributed by atoms with Gasteiger partial charge in [-0.15, -0.1) is 0 Å². The van der Waals surface area contributed by atoms with Crippen molar-refractivity contribution in [3.05, 3.63) is 87.3 Å². The predicted molar refractivity (Wildman–Crippen MR) is 126 cm³/mol. The summed E-state index contributed by atoms with van der Waals surface area (Å²) in [6.45, 7) is 1.91. The number of aryl methyl sites for hydroxylation is 2. The maximum atomic E-state index is 13.4.